The Morgan fingerprint density at radius 3 is 2.64 bits per heavy atom. The number of pyridine rings is 1. The van der Waals surface area contributed by atoms with Crippen molar-refractivity contribution in [2.75, 3.05) is 6.61 Å². The van der Waals surface area contributed by atoms with Crippen LogP contribution in [0.5, 0.6) is 5.75 Å². The normalized spacial score (nSPS) is 11.9. The van der Waals surface area contributed by atoms with Crippen molar-refractivity contribution >= 4 is 16.8 Å². The van der Waals surface area contributed by atoms with E-state index in [0.29, 0.717) is 5.75 Å². The van der Waals surface area contributed by atoms with E-state index in [2.05, 4.69) is 41.5 Å². The molecule has 1 heterocycles. The maximum Gasteiger partial charge on any atom is 0.258 e. The van der Waals surface area contributed by atoms with Crippen LogP contribution in [-0.4, -0.2) is 17.5 Å². The van der Waals surface area contributed by atoms with Gasteiger partial charge in [0.15, 0.2) is 6.61 Å². The second-order valence-corrected chi connectivity index (χ2v) is 6.00. The molecule has 0 aliphatic rings. The van der Waals surface area contributed by atoms with Crippen LogP contribution in [0.15, 0.2) is 60.8 Å². The van der Waals surface area contributed by atoms with E-state index in [9.17, 15) is 4.79 Å². The molecular formula is C21H22N2O2. The Balaban J connectivity index is 1.60. The van der Waals surface area contributed by atoms with Crippen molar-refractivity contribution < 1.29 is 9.53 Å². The van der Waals surface area contributed by atoms with Crippen molar-refractivity contribution in [1.82, 2.24) is 10.3 Å². The minimum absolute atomic E-state index is 0.0347. The number of hydrogen-bond acceptors (Lipinski definition) is 3. The summed E-state index contributed by atoms with van der Waals surface area (Å²) in [6.45, 7) is 4.06. The summed E-state index contributed by atoms with van der Waals surface area (Å²) < 4.78 is 5.68. The van der Waals surface area contributed by atoms with E-state index in [0.717, 1.165) is 22.9 Å². The Bertz CT molecular complexity index is 854. The van der Waals surface area contributed by atoms with Crippen molar-refractivity contribution in [1.29, 1.82) is 0 Å². The van der Waals surface area contributed by atoms with Gasteiger partial charge in [0.05, 0.1) is 6.04 Å². The number of hydrogen-bond donors (Lipinski definition) is 1. The van der Waals surface area contributed by atoms with Crippen molar-refractivity contribution in [2.24, 2.45) is 0 Å². The van der Waals surface area contributed by atoms with Crippen LogP contribution in [0.25, 0.3) is 10.9 Å². The number of aryl methyl sites for hydroxylation is 1. The third-order valence-electron chi connectivity index (χ3n) is 4.22. The highest BCUT2D eigenvalue weighted by molar-refractivity contribution is 5.85. The van der Waals surface area contributed by atoms with E-state index in [1.807, 2.05) is 37.3 Å². The summed E-state index contributed by atoms with van der Waals surface area (Å²) in [6, 6.07) is 17.8. The molecule has 0 saturated carbocycles. The van der Waals surface area contributed by atoms with E-state index in [-0.39, 0.29) is 18.6 Å². The lowest BCUT2D eigenvalue weighted by molar-refractivity contribution is -0.123. The van der Waals surface area contributed by atoms with Crippen LogP contribution in [0.3, 0.4) is 0 Å². The van der Waals surface area contributed by atoms with Gasteiger partial charge < -0.3 is 10.1 Å². The number of aromatic nitrogens is 1. The molecule has 0 aliphatic heterocycles. The molecule has 0 unspecified atom stereocenters. The number of carbonyl (C=O) groups is 1. The van der Waals surface area contributed by atoms with Gasteiger partial charge >= 0.3 is 0 Å². The van der Waals surface area contributed by atoms with Crippen LogP contribution < -0.4 is 10.1 Å². The molecule has 25 heavy (non-hydrogen) atoms. The summed E-state index contributed by atoms with van der Waals surface area (Å²) in [5, 5.41) is 3.96. The molecule has 4 heteroatoms. The Labute approximate surface area is 147 Å². The molecule has 1 amide bonds. The Morgan fingerprint density at radius 2 is 1.88 bits per heavy atom. The first-order valence-electron chi connectivity index (χ1n) is 8.52. The van der Waals surface area contributed by atoms with E-state index < -0.39 is 0 Å². The first kappa shape index (κ1) is 17.0. The summed E-state index contributed by atoms with van der Waals surface area (Å²) in [7, 11) is 0. The zero-order valence-electron chi connectivity index (χ0n) is 14.5. The average Bonchev–Trinajstić information content (AvgIpc) is 2.66. The summed E-state index contributed by atoms with van der Waals surface area (Å²) in [5.74, 6) is 0.466. The fraction of sp³-hybridized carbons (Fsp3) is 0.238. The Hall–Kier alpha value is -2.88. The Kier molecular flexibility index (Phi) is 5.29. The van der Waals surface area contributed by atoms with Crippen molar-refractivity contribution in [3.63, 3.8) is 0 Å². The maximum atomic E-state index is 12.2. The van der Waals surface area contributed by atoms with Crippen molar-refractivity contribution in [2.45, 2.75) is 26.3 Å². The van der Waals surface area contributed by atoms with E-state index >= 15 is 0 Å². The number of ether oxygens (including phenoxy) is 1. The summed E-state index contributed by atoms with van der Waals surface area (Å²) in [6.07, 6.45) is 2.73. The van der Waals surface area contributed by atoms with Crippen molar-refractivity contribution in [3.05, 3.63) is 71.9 Å². The minimum Gasteiger partial charge on any atom is -0.481 e. The monoisotopic (exact) mass is 334 g/mol. The van der Waals surface area contributed by atoms with E-state index in [1.54, 1.807) is 6.20 Å². The van der Waals surface area contributed by atoms with Gasteiger partial charge in [0.1, 0.15) is 11.3 Å². The van der Waals surface area contributed by atoms with Crippen LogP contribution in [0.2, 0.25) is 0 Å². The number of nitrogens with zero attached hydrogens (tertiary/aromatic N) is 1. The van der Waals surface area contributed by atoms with Crippen LogP contribution in [-0.2, 0) is 11.2 Å². The molecule has 1 atom stereocenters. The molecule has 4 nitrogen and oxygen atoms in total. The predicted molar refractivity (Wildman–Crippen MR) is 99.6 cm³/mol. The molecule has 0 radical (unpaired) electrons. The lowest BCUT2D eigenvalue weighted by Gasteiger charge is -2.15. The summed E-state index contributed by atoms with van der Waals surface area (Å²) >= 11 is 0. The molecule has 128 valence electrons. The second-order valence-electron chi connectivity index (χ2n) is 6.00. The average molecular weight is 334 g/mol. The van der Waals surface area contributed by atoms with Crippen LogP contribution in [0, 0.1) is 0 Å². The molecule has 2 aromatic carbocycles. The van der Waals surface area contributed by atoms with E-state index in [4.69, 9.17) is 4.74 Å². The molecule has 0 aliphatic carbocycles. The molecule has 1 N–H and O–H groups in total. The summed E-state index contributed by atoms with van der Waals surface area (Å²) in [4.78, 5) is 16.5. The van der Waals surface area contributed by atoms with Crippen LogP contribution in [0.1, 0.15) is 31.0 Å². The highest BCUT2D eigenvalue weighted by Crippen LogP contribution is 2.22. The fourth-order valence-corrected chi connectivity index (χ4v) is 2.74. The molecular weight excluding hydrogens is 312 g/mol. The highest BCUT2D eigenvalue weighted by Gasteiger charge is 2.11. The first-order valence-corrected chi connectivity index (χ1v) is 8.52. The minimum atomic E-state index is -0.153. The fourth-order valence-electron chi connectivity index (χ4n) is 2.74. The van der Waals surface area contributed by atoms with Gasteiger partial charge in [-0.05, 0) is 36.6 Å². The maximum absolute atomic E-state index is 12.2. The van der Waals surface area contributed by atoms with Gasteiger partial charge in [-0.15, -0.1) is 0 Å². The zero-order valence-corrected chi connectivity index (χ0v) is 14.5. The zero-order chi connectivity index (χ0) is 17.6. The Morgan fingerprint density at radius 1 is 1.12 bits per heavy atom. The van der Waals surface area contributed by atoms with Gasteiger partial charge in [-0.3, -0.25) is 9.78 Å². The number of benzene rings is 2. The van der Waals surface area contributed by atoms with Gasteiger partial charge in [-0.25, -0.2) is 0 Å². The molecule has 3 rings (SSSR count). The standard InChI is InChI=1S/C21H22N2O2/c1-3-16-9-11-17(12-10-16)15(2)23-20(24)14-25-19-8-4-6-18-7-5-13-22-21(18)19/h4-13,15H,3,14H2,1-2H3,(H,23,24)/t15-/m0/s1. The van der Waals surface area contributed by atoms with Crippen molar-refractivity contribution in [3.8, 4) is 5.75 Å². The highest BCUT2D eigenvalue weighted by atomic mass is 16.5. The molecule has 0 fully saturated rings. The molecule has 1 aromatic heterocycles. The first-order chi connectivity index (χ1) is 12.2. The summed E-state index contributed by atoms with van der Waals surface area (Å²) in [5.41, 5.74) is 3.13. The van der Waals surface area contributed by atoms with Crippen LogP contribution in [0.4, 0.5) is 0 Å². The van der Waals surface area contributed by atoms with Gasteiger partial charge in [-0.1, -0.05) is 49.4 Å². The predicted octanol–water partition coefficient (Wildman–Crippen LogP) is 4.05. The SMILES string of the molecule is CCc1ccc([C@H](C)NC(=O)COc2cccc3cccnc23)cc1. The quantitative estimate of drug-likeness (QED) is 0.740. The number of fused-ring (bicyclic) bond motifs is 1. The van der Waals surface area contributed by atoms with Gasteiger partial charge in [0, 0.05) is 11.6 Å². The topological polar surface area (TPSA) is 51.2 Å². The number of nitrogens with one attached hydrogen (secondary N) is 1. The lowest BCUT2D eigenvalue weighted by Crippen LogP contribution is -2.31. The number of rotatable bonds is 6. The number of para-hydroxylation sites is 1. The molecule has 0 spiro atoms. The largest absolute Gasteiger partial charge is 0.481 e. The van der Waals surface area contributed by atoms with Gasteiger partial charge in [0.25, 0.3) is 5.91 Å². The van der Waals surface area contributed by atoms with Crippen LogP contribution >= 0.6 is 0 Å². The third-order valence-corrected chi connectivity index (χ3v) is 4.22. The van der Waals surface area contributed by atoms with E-state index in [1.165, 1.54) is 5.56 Å². The molecule has 0 saturated heterocycles. The molecule has 3 aromatic rings. The lowest BCUT2D eigenvalue weighted by atomic mass is 10.1. The third kappa shape index (κ3) is 4.15. The number of carbonyl (C=O) groups excluding carboxylic acids is 1. The smallest absolute Gasteiger partial charge is 0.258 e. The second kappa shape index (κ2) is 7.79. The number of amides is 1. The van der Waals surface area contributed by atoms with Gasteiger partial charge in [-0.2, -0.15) is 0 Å². The van der Waals surface area contributed by atoms with Gasteiger partial charge in [0.2, 0.25) is 0 Å². The molecule has 0 bridgehead atoms.